The second-order valence-corrected chi connectivity index (χ2v) is 6.68. The second kappa shape index (κ2) is 11.2. The zero-order valence-electron chi connectivity index (χ0n) is 13.2. The van der Waals surface area contributed by atoms with Crippen LogP contribution in [0.4, 0.5) is 0 Å². The Labute approximate surface area is 123 Å². The third-order valence-corrected chi connectivity index (χ3v) is 3.71. The van der Waals surface area contributed by atoms with E-state index in [1.54, 1.807) is 6.92 Å². The number of hydrogen-bond donors (Lipinski definition) is 2. The van der Waals surface area contributed by atoms with Crippen LogP contribution >= 0.6 is 11.4 Å². The number of hydrogen-bond acceptors (Lipinski definition) is 0. The normalized spacial score (nSPS) is 14.1. The summed E-state index contributed by atoms with van der Waals surface area (Å²) in [5, 5.41) is 9.60. The van der Waals surface area contributed by atoms with Gasteiger partial charge >= 0.3 is 0 Å². The van der Waals surface area contributed by atoms with Crippen LogP contribution in [0.15, 0.2) is 34.9 Å². The zero-order chi connectivity index (χ0) is 14.7. The van der Waals surface area contributed by atoms with Gasteiger partial charge in [0.25, 0.3) is 0 Å². The SMILES string of the molecule is CC(C)=CCCC(C)=CCCC(C)=CC[SH]=C(C)O. The molecule has 0 aliphatic rings. The fourth-order valence-electron chi connectivity index (χ4n) is 1.67. The van der Waals surface area contributed by atoms with Crippen LogP contribution in [0.5, 0.6) is 0 Å². The highest BCUT2D eigenvalue weighted by Crippen LogP contribution is 2.11. The molecule has 0 fully saturated rings. The molecule has 0 aromatic heterocycles. The first-order valence-corrected chi connectivity index (χ1v) is 8.14. The molecule has 0 radical (unpaired) electrons. The minimum Gasteiger partial charge on any atom is -0.360 e. The van der Waals surface area contributed by atoms with E-state index < -0.39 is 0 Å². The molecule has 1 nitrogen and oxygen atoms in total. The van der Waals surface area contributed by atoms with E-state index in [0.717, 1.165) is 36.4 Å². The molecule has 0 amide bonds. The second-order valence-electron chi connectivity index (χ2n) is 5.35. The Morgan fingerprint density at radius 2 is 1.37 bits per heavy atom. The van der Waals surface area contributed by atoms with Crippen molar-refractivity contribution in [3.05, 3.63) is 34.9 Å². The van der Waals surface area contributed by atoms with Gasteiger partial charge in [-0.1, -0.05) is 34.9 Å². The summed E-state index contributed by atoms with van der Waals surface area (Å²) in [6.07, 6.45) is 11.5. The maximum absolute atomic E-state index is 9.10. The smallest absolute Gasteiger partial charge is 0.0666 e. The molecule has 0 unspecified atom stereocenters. The van der Waals surface area contributed by atoms with Crippen LogP contribution in [0.2, 0.25) is 0 Å². The van der Waals surface area contributed by atoms with Crippen molar-refractivity contribution in [3.8, 4) is 0 Å². The number of allylic oxidation sites excluding steroid dienone is 5. The van der Waals surface area contributed by atoms with Crippen LogP contribution < -0.4 is 0 Å². The van der Waals surface area contributed by atoms with Gasteiger partial charge in [-0.2, -0.15) is 11.4 Å². The van der Waals surface area contributed by atoms with Gasteiger partial charge in [-0.3, -0.25) is 0 Å². The summed E-state index contributed by atoms with van der Waals surface area (Å²) in [5.74, 6) is 0.928. The number of aliphatic hydroxyl groups excluding tert-OH is 1. The standard InChI is InChI=1S/C17H30OS/c1-14(2)8-6-9-15(3)10-7-11-16(4)12-13-19-17(5)18/h8,10,12,18-19H,6-7,9,11,13H2,1-5H3. The van der Waals surface area contributed by atoms with Gasteiger partial charge in [0.1, 0.15) is 0 Å². The van der Waals surface area contributed by atoms with Crippen molar-refractivity contribution in [2.24, 2.45) is 0 Å². The highest BCUT2D eigenvalue weighted by atomic mass is 32.1. The molecule has 0 bridgehead atoms. The highest BCUT2D eigenvalue weighted by Gasteiger charge is 1.91. The van der Waals surface area contributed by atoms with E-state index in [1.807, 2.05) is 0 Å². The maximum Gasteiger partial charge on any atom is 0.0666 e. The van der Waals surface area contributed by atoms with E-state index in [4.69, 9.17) is 5.11 Å². The molecule has 0 saturated carbocycles. The summed E-state index contributed by atoms with van der Waals surface area (Å²) in [4.78, 5) is 0. The predicted octanol–water partition coefficient (Wildman–Crippen LogP) is 5.58. The van der Waals surface area contributed by atoms with E-state index >= 15 is 0 Å². The van der Waals surface area contributed by atoms with E-state index in [-0.39, 0.29) is 0 Å². The van der Waals surface area contributed by atoms with Crippen molar-refractivity contribution in [3.63, 3.8) is 0 Å². The summed E-state index contributed by atoms with van der Waals surface area (Å²) < 4.78 is 0. The molecule has 2 heteroatoms. The van der Waals surface area contributed by atoms with Crippen molar-refractivity contribution in [1.29, 1.82) is 0 Å². The summed E-state index contributed by atoms with van der Waals surface area (Å²) >= 11 is 1.02. The van der Waals surface area contributed by atoms with Gasteiger partial charge in [0.2, 0.25) is 0 Å². The lowest BCUT2D eigenvalue weighted by molar-refractivity contribution is 0.564. The number of aliphatic hydroxyl groups is 1. The zero-order valence-corrected chi connectivity index (χ0v) is 14.1. The quantitative estimate of drug-likeness (QED) is 0.338. The van der Waals surface area contributed by atoms with Crippen LogP contribution in [0, 0.1) is 0 Å². The maximum atomic E-state index is 9.10. The molecule has 0 rings (SSSR count). The Hall–Kier alpha value is -0.600. The third-order valence-electron chi connectivity index (χ3n) is 2.88. The minimum atomic E-state index is 0.499. The molecule has 0 aliphatic carbocycles. The summed E-state index contributed by atoms with van der Waals surface area (Å²) in [7, 11) is 0. The molecule has 0 atom stereocenters. The molecule has 0 aromatic carbocycles. The van der Waals surface area contributed by atoms with E-state index in [2.05, 4.69) is 45.9 Å². The van der Waals surface area contributed by atoms with Crippen LogP contribution in [0.1, 0.15) is 60.3 Å². The van der Waals surface area contributed by atoms with E-state index in [0.29, 0.717) is 5.05 Å². The molecule has 0 spiro atoms. The van der Waals surface area contributed by atoms with Gasteiger partial charge in [-0.15, -0.1) is 0 Å². The molecule has 19 heavy (non-hydrogen) atoms. The van der Waals surface area contributed by atoms with Gasteiger partial charge in [0, 0.05) is 5.75 Å². The summed E-state index contributed by atoms with van der Waals surface area (Å²) in [5.41, 5.74) is 4.31. The van der Waals surface area contributed by atoms with Crippen LogP contribution in [-0.4, -0.2) is 15.9 Å². The molecule has 110 valence electrons. The Kier molecular flexibility index (Phi) is 10.9. The first-order valence-electron chi connectivity index (χ1n) is 7.06. The van der Waals surface area contributed by atoms with Gasteiger partial charge in [-0.05, 0) is 60.3 Å². The molecular formula is C17H30OS. The van der Waals surface area contributed by atoms with Gasteiger partial charge < -0.3 is 5.11 Å². The fourth-order valence-corrected chi connectivity index (χ4v) is 2.34. The monoisotopic (exact) mass is 282 g/mol. The lowest BCUT2D eigenvalue weighted by Gasteiger charge is -2.01. The summed E-state index contributed by atoms with van der Waals surface area (Å²) in [6.45, 7) is 10.5. The van der Waals surface area contributed by atoms with Crippen molar-refractivity contribution >= 4 is 16.4 Å². The topological polar surface area (TPSA) is 20.2 Å². The third kappa shape index (κ3) is 13.6. The van der Waals surface area contributed by atoms with Crippen LogP contribution in [0.3, 0.4) is 0 Å². The van der Waals surface area contributed by atoms with E-state index in [9.17, 15) is 0 Å². The average Bonchev–Trinajstić information content (AvgIpc) is 2.27. The average molecular weight is 282 g/mol. The Morgan fingerprint density at radius 1 is 0.842 bits per heavy atom. The lowest BCUT2D eigenvalue weighted by atomic mass is 10.1. The lowest BCUT2D eigenvalue weighted by Crippen LogP contribution is -1.84. The molecule has 0 heterocycles. The number of rotatable bonds is 8. The van der Waals surface area contributed by atoms with Crippen LogP contribution in [0.25, 0.3) is 0 Å². The van der Waals surface area contributed by atoms with Crippen molar-refractivity contribution in [1.82, 2.24) is 0 Å². The Morgan fingerprint density at radius 3 is 1.89 bits per heavy atom. The van der Waals surface area contributed by atoms with Crippen molar-refractivity contribution in [2.45, 2.75) is 60.3 Å². The van der Waals surface area contributed by atoms with Crippen molar-refractivity contribution in [2.75, 3.05) is 5.75 Å². The van der Waals surface area contributed by atoms with Crippen LogP contribution in [-0.2, 0) is 0 Å². The molecular weight excluding hydrogens is 252 g/mol. The van der Waals surface area contributed by atoms with Gasteiger partial charge in [0.15, 0.2) is 0 Å². The minimum absolute atomic E-state index is 0.499. The Balaban J connectivity index is 3.93. The largest absolute Gasteiger partial charge is 0.360 e. The van der Waals surface area contributed by atoms with E-state index in [1.165, 1.54) is 23.1 Å². The molecule has 0 aromatic rings. The van der Waals surface area contributed by atoms with Gasteiger partial charge in [-0.25, -0.2) is 0 Å². The molecule has 0 aliphatic heterocycles. The first-order chi connectivity index (χ1) is 8.91. The fraction of sp³-hybridized carbons (Fsp3) is 0.588. The summed E-state index contributed by atoms with van der Waals surface area (Å²) in [6, 6.07) is 0. The number of thiol groups is 1. The van der Waals surface area contributed by atoms with Gasteiger partial charge in [0.05, 0.1) is 5.05 Å². The molecule has 0 saturated heterocycles. The highest BCUT2D eigenvalue weighted by molar-refractivity contribution is 7.98. The van der Waals surface area contributed by atoms with Crippen molar-refractivity contribution < 1.29 is 5.11 Å². The molecule has 1 N–H and O–H groups in total. The predicted molar refractivity (Wildman–Crippen MR) is 92.6 cm³/mol. The first kappa shape index (κ1) is 18.4. The Bertz CT molecular complexity index is 365.